The Morgan fingerprint density at radius 3 is 2.59 bits per heavy atom. The van der Waals surface area contributed by atoms with E-state index in [2.05, 4.69) is 10.1 Å². The highest BCUT2D eigenvalue weighted by Crippen LogP contribution is 2.31. The van der Waals surface area contributed by atoms with E-state index in [1.807, 2.05) is 6.92 Å². The molecule has 1 aliphatic rings. The molecule has 37 heavy (non-hydrogen) atoms. The molecule has 4 aromatic rings. The predicted octanol–water partition coefficient (Wildman–Crippen LogP) is 3.74. The molecular weight excluding hydrogens is 513 g/mol. The summed E-state index contributed by atoms with van der Waals surface area (Å²) in [7, 11) is 0. The van der Waals surface area contributed by atoms with Gasteiger partial charge in [0.25, 0.3) is 11.5 Å². The van der Waals surface area contributed by atoms with Gasteiger partial charge in [0.05, 0.1) is 18.6 Å². The van der Waals surface area contributed by atoms with E-state index in [4.69, 9.17) is 16.3 Å². The van der Waals surface area contributed by atoms with Gasteiger partial charge in [0, 0.05) is 30.5 Å². The van der Waals surface area contributed by atoms with Crippen LogP contribution in [0.2, 0.25) is 5.02 Å². The van der Waals surface area contributed by atoms with E-state index in [1.54, 1.807) is 40.2 Å². The van der Waals surface area contributed by atoms with Crippen LogP contribution in [0.1, 0.15) is 21.9 Å². The topological polar surface area (TPSA) is 87.2 Å². The fourth-order valence-corrected chi connectivity index (χ4v) is 4.26. The van der Waals surface area contributed by atoms with Crippen molar-refractivity contribution < 1.29 is 22.7 Å². The molecule has 3 aromatic heterocycles. The van der Waals surface area contributed by atoms with E-state index in [9.17, 15) is 22.8 Å². The van der Waals surface area contributed by atoms with Gasteiger partial charge in [0.15, 0.2) is 5.69 Å². The molecule has 192 valence electrons. The van der Waals surface area contributed by atoms with Gasteiger partial charge >= 0.3 is 6.18 Å². The van der Waals surface area contributed by atoms with Gasteiger partial charge in [-0.2, -0.15) is 18.3 Å². The molecule has 0 fully saturated rings. The van der Waals surface area contributed by atoms with E-state index >= 15 is 0 Å². The summed E-state index contributed by atoms with van der Waals surface area (Å²) < 4.78 is 48.9. The lowest BCUT2D eigenvalue weighted by Crippen LogP contribution is -2.46. The van der Waals surface area contributed by atoms with Crippen LogP contribution in [0, 0.1) is 6.92 Å². The lowest BCUT2D eigenvalue weighted by atomic mass is 10.2. The van der Waals surface area contributed by atoms with Crippen LogP contribution in [0.25, 0.3) is 11.4 Å². The zero-order valence-electron chi connectivity index (χ0n) is 19.4. The van der Waals surface area contributed by atoms with Gasteiger partial charge in [-0.3, -0.25) is 9.59 Å². The largest absolute Gasteiger partial charge is 0.489 e. The highest BCUT2D eigenvalue weighted by molar-refractivity contribution is 6.30. The van der Waals surface area contributed by atoms with Crippen LogP contribution < -0.4 is 10.3 Å². The second kappa shape index (κ2) is 9.43. The minimum atomic E-state index is -4.59. The fraction of sp³-hybridized carbons (Fsp3) is 0.250. The SMILES string of the molecule is Cc1cn(-c2ccc3n(c2=O)CCN(CCOc2ccc(Cl)cc2-n2ccc(C(F)(F)F)n2)C3=O)cn1. The molecule has 0 aliphatic carbocycles. The summed E-state index contributed by atoms with van der Waals surface area (Å²) in [5.41, 5.74) is 0.324. The Morgan fingerprint density at radius 2 is 1.89 bits per heavy atom. The molecular formula is C24H20ClF3N6O3. The lowest BCUT2D eigenvalue weighted by Gasteiger charge is -2.29. The van der Waals surface area contributed by atoms with Crippen molar-refractivity contribution >= 4 is 17.5 Å². The molecule has 0 unspecified atom stereocenters. The molecule has 1 amide bonds. The standard InChI is InChI=1S/C24H20ClF3N6O3/c1-15-13-32(14-29-15)17-3-4-18-22(35)31(8-9-33(18)23(17)36)10-11-37-20-5-2-16(25)12-19(20)34-7-6-21(30-34)24(26,27)28/h2-7,12-14H,8-11H2,1H3. The zero-order chi connectivity index (χ0) is 26.3. The summed E-state index contributed by atoms with van der Waals surface area (Å²) >= 11 is 6.05. The molecule has 0 saturated carbocycles. The highest BCUT2D eigenvalue weighted by atomic mass is 35.5. The normalized spacial score (nSPS) is 13.6. The lowest BCUT2D eigenvalue weighted by molar-refractivity contribution is -0.141. The number of fused-ring (bicyclic) bond motifs is 1. The number of ether oxygens (including phenoxy) is 1. The molecule has 0 spiro atoms. The molecule has 0 N–H and O–H groups in total. The van der Waals surface area contributed by atoms with Crippen LogP contribution >= 0.6 is 11.6 Å². The zero-order valence-corrected chi connectivity index (χ0v) is 20.2. The number of carbonyl (C=O) groups excluding carboxylic acids is 1. The third-order valence-electron chi connectivity index (χ3n) is 5.91. The first-order chi connectivity index (χ1) is 17.6. The van der Waals surface area contributed by atoms with Crippen LogP contribution in [-0.2, 0) is 12.7 Å². The molecule has 0 saturated heterocycles. The molecule has 13 heteroatoms. The Kier molecular flexibility index (Phi) is 6.28. The van der Waals surface area contributed by atoms with Gasteiger partial charge in [0.2, 0.25) is 0 Å². The maximum Gasteiger partial charge on any atom is 0.435 e. The van der Waals surface area contributed by atoms with Gasteiger partial charge in [-0.15, -0.1) is 0 Å². The first kappa shape index (κ1) is 24.6. The second-order valence-electron chi connectivity index (χ2n) is 8.38. The number of amides is 1. The number of pyridine rings is 1. The van der Waals surface area contributed by atoms with Crippen LogP contribution in [0.5, 0.6) is 5.75 Å². The van der Waals surface area contributed by atoms with Crippen molar-refractivity contribution in [3.05, 3.63) is 87.6 Å². The smallest absolute Gasteiger partial charge is 0.435 e. The average Bonchev–Trinajstić information content (AvgIpc) is 3.51. The van der Waals surface area contributed by atoms with Crippen molar-refractivity contribution in [1.29, 1.82) is 0 Å². The maximum atomic E-state index is 13.0. The molecule has 0 atom stereocenters. The minimum Gasteiger partial charge on any atom is -0.489 e. The number of alkyl halides is 3. The van der Waals surface area contributed by atoms with E-state index in [0.717, 1.165) is 16.4 Å². The number of aryl methyl sites for hydroxylation is 1. The fourth-order valence-electron chi connectivity index (χ4n) is 4.09. The number of hydrogen-bond acceptors (Lipinski definition) is 5. The van der Waals surface area contributed by atoms with E-state index in [0.29, 0.717) is 23.8 Å². The minimum absolute atomic E-state index is 0.0599. The van der Waals surface area contributed by atoms with Gasteiger partial charge < -0.3 is 18.8 Å². The van der Waals surface area contributed by atoms with Crippen molar-refractivity contribution in [2.75, 3.05) is 19.7 Å². The summed E-state index contributed by atoms with van der Waals surface area (Å²) in [5, 5.41) is 3.87. The highest BCUT2D eigenvalue weighted by Gasteiger charge is 2.34. The van der Waals surface area contributed by atoms with E-state index < -0.39 is 11.9 Å². The summed E-state index contributed by atoms with van der Waals surface area (Å²) in [6.45, 7) is 2.68. The summed E-state index contributed by atoms with van der Waals surface area (Å²) in [4.78, 5) is 31.7. The number of halogens is 4. The molecule has 9 nitrogen and oxygen atoms in total. The Labute approximate surface area is 213 Å². The number of hydrogen-bond donors (Lipinski definition) is 0. The van der Waals surface area contributed by atoms with Crippen molar-refractivity contribution in [3.8, 4) is 17.1 Å². The van der Waals surface area contributed by atoms with Gasteiger partial charge in [-0.05, 0) is 43.3 Å². The monoisotopic (exact) mass is 532 g/mol. The Balaban J connectivity index is 1.30. The Bertz CT molecular complexity index is 1540. The van der Waals surface area contributed by atoms with Crippen molar-refractivity contribution in [2.45, 2.75) is 19.6 Å². The Hall–Kier alpha value is -4.06. The number of carbonyl (C=O) groups is 1. The summed E-state index contributed by atoms with van der Waals surface area (Å²) in [5.74, 6) is -0.0684. The maximum absolute atomic E-state index is 13.0. The average molecular weight is 533 g/mol. The molecule has 0 bridgehead atoms. The quantitative estimate of drug-likeness (QED) is 0.378. The summed E-state index contributed by atoms with van der Waals surface area (Å²) in [6, 6.07) is 8.57. The number of imidazole rings is 1. The van der Waals surface area contributed by atoms with Crippen LogP contribution in [0.15, 0.2) is 59.9 Å². The van der Waals surface area contributed by atoms with Crippen LogP contribution in [0.3, 0.4) is 0 Å². The third-order valence-corrected chi connectivity index (χ3v) is 6.15. The number of rotatable bonds is 6. The van der Waals surface area contributed by atoms with Gasteiger partial charge in [-0.25, -0.2) is 9.67 Å². The van der Waals surface area contributed by atoms with Gasteiger partial charge in [0.1, 0.15) is 29.4 Å². The first-order valence-electron chi connectivity index (χ1n) is 11.2. The number of nitrogens with zero attached hydrogens (tertiary/aromatic N) is 6. The Morgan fingerprint density at radius 1 is 1.08 bits per heavy atom. The van der Waals surface area contributed by atoms with Crippen LogP contribution in [0.4, 0.5) is 13.2 Å². The second-order valence-corrected chi connectivity index (χ2v) is 8.82. The predicted molar refractivity (Wildman–Crippen MR) is 128 cm³/mol. The van der Waals surface area contributed by atoms with Crippen molar-refractivity contribution in [1.82, 2.24) is 28.8 Å². The molecule has 4 heterocycles. The number of benzene rings is 1. The number of aromatic nitrogens is 5. The van der Waals surface area contributed by atoms with Crippen molar-refractivity contribution in [2.24, 2.45) is 0 Å². The first-order valence-corrected chi connectivity index (χ1v) is 11.6. The van der Waals surface area contributed by atoms with E-state index in [1.165, 1.54) is 22.9 Å². The van der Waals surface area contributed by atoms with E-state index in [-0.39, 0.29) is 41.7 Å². The third kappa shape index (κ3) is 4.84. The molecule has 5 rings (SSSR count). The molecule has 0 radical (unpaired) electrons. The summed E-state index contributed by atoms with van der Waals surface area (Å²) in [6.07, 6.45) is -0.137. The molecule has 1 aromatic carbocycles. The molecule has 1 aliphatic heterocycles. The van der Waals surface area contributed by atoms with Gasteiger partial charge in [-0.1, -0.05) is 11.6 Å². The van der Waals surface area contributed by atoms with Crippen molar-refractivity contribution in [3.63, 3.8) is 0 Å². The van der Waals surface area contributed by atoms with Crippen LogP contribution in [-0.4, -0.2) is 54.4 Å².